The molecule has 1 saturated heterocycles. The summed E-state index contributed by atoms with van der Waals surface area (Å²) in [7, 11) is 1.56. The van der Waals surface area contributed by atoms with Crippen LogP contribution in [-0.4, -0.2) is 30.6 Å². The number of ether oxygens (including phenoxy) is 2. The first-order chi connectivity index (χ1) is 14.2. The van der Waals surface area contributed by atoms with Crippen LogP contribution in [0.3, 0.4) is 0 Å². The maximum Gasteiger partial charge on any atom is 0.416 e. The molecule has 1 fully saturated rings. The number of hydrogen-bond donors (Lipinski definition) is 1. The Bertz CT molecular complexity index is 975. The zero-order chi connectivity index (χ0) is 21.5. The molecule has 0 bridgehead atoms. The number of alkyl halides is 3. The highest BCUT2D eigenvalue weighted by Gasteiger charge is 2.39. The van der Waals surface area contributed by atoms with Gasteiger partial charge in [0.1, 0.15) is 0 Å². The third kappa shape index (κ3) is 3.79. The van der Waals surface area contributed by atoms with Gasteiger partial charge in [0, 0.05) is 25.2 Å². The van der Waals surface area contributed by atoms with E-state index in [0.717, 1.165) is 12.1 Å². The second-order valence-corrected chi connectivity index (χ2v) is 7.27. The predicted molar refractivity (Wildman–Crippen MR) is 101 cm³/mol. The number of amides is 2. The number of anilines is 1. The van der Waals surface area contributed by atoms with E-state index in [-0.39, 0.29) is 25.0 Å². The summed E-state index contributed by atoms with van der Waals surface area (Å²) in [6, 6.07) is 8.92. The minimum absolute atomic E-state index is 0.109. The molecule has 0 saturated carbocycles. The average molecular weight is 420 g/mol. The molecule has 2 aromatic carbocycles. The monoisotopic (exact) mass is 420 g/mol. The molecule has 4 rings (SSSR count). The number of piperidine rings is 1. The van der Waals surface area contributed by atoms with E-state index < -0.39 is 23.7 Å². The lowest BCUT2D eigenvalue weighted by Gasteiger charge is -2.38. The molecular formula is C21H19F3N2O4. The van der Waals surface area contributed by atoms with E-state index in [2.05, 4.69) is 5.32 Å². The van der Waals surface area contributed by atoms with Crippen LogP contribution in [0.25, 0.3) is 0 Å². The molecule has 1 N–H and O–H groups in total. The van der Waals surface area contributed by atoms with Crippen LogP contribution in [0.2, 0.25) is 0 Å². The number of carbonyl (C=O) groups excluding carboxylic acids is 2. The summed E-state index contributed by atoms with van der Waals surface area (Å²) in [5, 5.41) is 2.82. The summed E-state index contributed by atoms with van der Waals surface area (Å²) >= 11 is 0. The Balaban J connectivity index is 1.58. The molecular weight excluding hydrogens is 401 g/mol. The van der Waals surface area contributed by atoms with Gasteiger partial charge in [0.05, 0.1) is 17.5 Å². The summed E-state index contributed by atoms with van der Waals surface area (Å²) in [5.41, 5.74) is 0.205. The summed E-state index contributed by atoms with van der Waals surface area (Å²) in [6.45, 7) is 0.109. The second-order valence-electron chi connectivity index (χ2n) is 7.27. The van der Waals surface area contributed by atoms with Gasteiger partial charge in [0.25, 0.3) is 0 Å². The van der Waals surface area contributed by atoms with Gasteiger partial charge in [-0.1, -0.05) is 12.1 Å². The molecule has 0 aliphatic carbocycles. The lowest BCUT2D eigenvalue weighted by atomic mass is 9.83. The maximum absolute atomic E-state index is 13.0. The lowest BCUT2D eigenvalue weighted by Crippen LogP contribution is -2.44. The fraction of sp³-hybridized carbons (Fsp3) is 0.333. The normalized spacial score (nSPS) is 20.9. The zero-order valence-electron chi connectivity index (χ0n) is 16.0. The molecule has 2 aromatic rings. The fourth-order valence-corrected chi connectivity index (χ4v) is 3.85. The number of nitrogens with one attached hydrogen (secondary N) is 1. The van der Waals surface area contributed by atoms with Crippen molar-refractivity contribution in [2.45, 2.75) is 25.1 Å². The average Bonchev–Trinajstić information content (AvgIpc) is 3.17. The molecule has 6 nitrogen and oxygen atoms in total. The van der Waals surface area contributed by atoms with Crippen LogP contribution in [0.1, 0.15) is 30.0 Å². The molecule has 0 aromatic heterocycles. The van der Waals surface area contributed by atoms with Gasteiger partial charge in [-0.05, 0) is 36.2 Å². The molecule has 158 valence electrons. The minimum atomic E-state index is -4.46. The van der Waals surface area contributed by atoms with Crippen LogP contribution in [0.15, 0.2) is 42.5 Å². The quantitative estimate of drug-likeness (QED) is 0.816. The smallest absolute Gasteiger partial charge is 0.416 e. The highest BCUT2D eigenvalue weighted by atomic mass is 19.4. The molecule has 2 aliphatic heterocycles. The van der Waals surface area contributed by atoms with Crippen molar-refractivity contribution in [2.24, 2.45) is 5.92 Å². The third-order valence-electron chi connectivity index (χ3n) is 5.42. The molecule has 2 atom stereocenters. The molecule has 30 heavy (non-hydrogen) atoms. The highest BCUT2D eigenvalue weighted by molar-refractivity contribution is 5.95. The molecule has 9 heteroatoms. The van der Waals surface area contributed by atoms with Crippen molar-refractivity contribution in [1.29, 1.82) is 0 Å². The standard InChI is InChI=1S/C21H19F3N2O4/c1-26-18(27)9-7-15(19(26)12-2-4-13(5-3-12)21(22,23)24)20(28)25-14-6-8-16-17(10-14)30-11-29-16/h2-6,8,10,15,19H,7,9,11H2,1H3,(H,25,28). The van der Waals surface area contributed by atoms with E-state index >= 15 is 0 Å². The van der Waals surface area contributed by atoms with Crippen molar-refractivity contribution >= 4 is 17.5 Å². The number of carbonyl (C=O) groups is 2. The van der Waals surface area contributed by atoms with Gasteiger partial charge in [-0.2, -0.15) is 13.2 Å². The van der Waals surface area contributed by atoms with Gasteiger partial charge in [-0.15, -0.1) is 0 Å². The lowest BCUT2D eigenvalue weighted by molar-refractivity contribution is -0.140. The Morgan fingerprint density at radius 1 is 1.10 bits per heavy atom. The van der Waals surface area contributed by atoms with Crippen LogP contribution in [0.5, 0.6) is 11.5 Å². The van der Waals surface area contributed by atoms with Gasteiger partial charge in [0.15, 0.2) is 11.5 Å². The van der Waals surface area contributed by atoms with E-state index in [1.54, 1.807) is 25.2 Å². The van der Waals surface area contributed by atoms with Crippen molar-refractivity contribution in [3.8, 4) is 11.5 Å². The first-order valence-electron chi connectivity index (χ1n) is 9.37. The largest absolute Gasteiger partial charge is 0.454 e. The summed E-state index contributed by atoms with van der Waals surface area (Å²) in [6.07, 6.45) is -3.97. The zero-order valence-corrected chi connectivity index (χ0v) is 16.0. The van der Waals surface area contributed by atoms with Crippen molar-refractivity contribution < 1.29 is 32.2 Å². The van der Waals surface area contributed by atoms with E-state index in [1.807, 2.05) is 0 Å². The number of hydrogen-bond acceptors (Lipinski definition) is 4. The number of nitrogens with zero attached hydrogens (tertiary/aromatic N) is 1. The van der Waals surface area contributed by atoms with Crippen LogP contribution in [0.4, 0.5) is 18.9 Å². The Hall–Kier alpha value is -3.23. The van der Waals surface area contributed by atoms with Gasteiger partial charge >= 0.3 is 6.18 Å². The first kappa shape index (κ1) is 20.1. The van der Waals surface area contributed by atoms with Gasteiger partial charge < -0.3 is 19.7 Å². The van der Waals surface area contributed by atoms with Crippen LogP contribution in [-0.2, 0) is 15.8 Å². The number of fused-ring (bicyclic) bond motifs is 1. The summed E-state index contributed by atoms with van der Waals surface area (Å²) in [5.74, 6) is 0.00153. The van der Waals surface area contributed by atoms with E-state index in [9.17, 15) is 22.8 Å². The number of likely N-dealkylation sites (tertiary alicyclic amines) is 1. The number of benzene rings is 2. The maximum atomic E-state index is 13.0. The molecule has 0 spiro atoms. The Kier molecular flexibility index (Phi) is 5.05. The fourth-order valence-electron chi connectivity index (χ4n) is 3.85. The molecule has 2 heterocycles. The molecule has 0 radical (unpaired) electrons. The predicted octanol–water partition coefficient (Wildman–Crippen LogP) is 3.98. The number of rotatable bonds is 3. The first-order valence-corrected chi connectivity index (χ1v) is 9.37. The molecule has 2 unspecified atom stereocenters. The topological polar surface area (TPSA) is 67.9 Å². The Morgan fingerprint density at radius 2 is 1.80 bits per heavy atom. The third-order valence-corrected chi connectivity index (χ3v) is 5.42. The minimum Gasteiger partial charge on any atom is -0.454 e. The molecule has 2 amide bonds. The van der Waals surface area contributed by atoms with Crippen molar-refractivity contribution in [2.75, 3.05) is 19.2 Å². The molecule has 2 aliphatic rings. The van der Waals surface area contributed by atoms with Crippen molar-refractivity contribution in [3.05, 3.63) is 53.6 Å². The summed E-state index contributed by atoms with van der Waals surface area (Å²) in [4.78, 5) is 26.7. The van der Waals surface area contributed by atoms with Crippen LogP contribution in [0, 0.1) is 5.92 Å². The SMILES string of the molecule is CN1C(=O)CCC(C(=O)Nc2ccc3c(c2)OCO3)C1c1ccc(C(F)(F)F)cc1. The van der Waals surface area contributed by atoms with Crippen molar-refractivity contribution in [1.82, 2.24) is 4.90 Å². The van der Waals surface area contributed by atoms with Crippen LogP contribution < -0.4 is 14.8 Å². The van der Waals surface area contributed by atoms with Gasteiger partial charge in [0.2, 0.25) is 18.6 Å². The Labute approximate surface area is 170 Å². The Morgan fingerprint density at radius 3 is 2.50 bits per heavy atom. The van der Waals surface area contributed by atoms with Gasteiger partial charge in [-0.25, -0.2) is 0 Å². The second kappa shape index (κ2) is 7.55. The summed E-state index contributed by atoms with van der Waals surface area (Å²) < 4.78 is 49.2. The van der Waals surface area contributed by atoms with E-state index in [4.69, 9.17) is 9.47 Å². The number of halogens is 3. The van der Waals surface area contributed by atoms with E-state index in [0.29, 0.717) is 29.2 Å². The van der Waals surface area contributed by atoms with E-state index in [1.165, 1.54) is 17.0 Å². The highest BCUT2D eigenvalue weighted by Crippen LogP contribution is 2.39. The van der Waals surface area contributed by atoms with Crippen LogP contribution >= 0.6 is 0 Å². The van der Waals surface area contributed by atoms with Crippen molar-refractivity contribution in [3.63, 3.8) is 0 Å². The van der Waals surface area contributed by atoms with Gasteiger partial charge in [-0.3, -0.25) is 9.59 Å².